The summed E-state index contributed by atoms with van der Waals surface area (Å²) in [7, 11) is 0. The molecule has 0 bridgehead atoms. The fourth-order valence-electron chi connectivity index (χ4n) is 2.57. The molecule has 0 amide bonds. The molecule has 1 heterocycles. The average molecular weight is 275 g/mol. The molecular formula is C18H17N3. The smallest absolute Gasteiger partial charge is 0.124 e. The van der Waals surface area contributed by atoms with E-state index in [-0.39, 0.29) is 0 Å². The Labute approximate surface area is 124 Å². The van der Waals surface area contributed by atoms with Crippen LogP contribution in [0.15, 0.2) is 48.5 Å². The van der Waals surface area contributed by atoms with Gasteiger partial charge in [-0.15, -0.1) is 0 Å². The monoisotopic (exact) mass is 275 g/mol. The first kappa shape index (κ1) is 13.4. The maximum atomic E-state index is 9.00. The molecule has 0 aliphatic carbocycles. The summed E-state index contributed by atoms with van der Waals surface area (Å²) < 4.78 is 2.14. The molecule has 2 aromatic carbocycles. The summed E-state index contributed by atoms with van der Waals surface area (Å²) in [4.78, 5) is 4.57. The second-order valence-corrected chi connectivity index (χ2v) is 5.11. The summed E-state index contributed by atoms with van der Waals surface area (Å²) in [5.74, 6) is 0.832. The van der Waals surface area contributed by atoms with Crippen LogP contribution in [-0.2, 0) is 19.4 Å². The third-order valence-electron chi connectivity index (χ3n) is 3.74. The Morgan fingerprint density at radius 1 is 1.05 bits per heavy atom. The van der Waals surface area contributed by atoms with Crippen LogP contribution in [0.1, 0.15) is 23.9 Å². The zero-order valence-electron chi connectivity index (χ0n) is 12.1. The minimum Gasteiger partial charge on any atom is -0.323 e. The largest absolute Gasteiger partial charge is 0.323 e. The van der Waals surface area contributed by atoms with Crippen LogP contribution in [-0.4, -0.2) is 9.55 Å². The highest BCUT2D eigenvalue weighted by Crippen LogP contribution is 2.18. The van der Waals surface area contributed by atoms with Crippen molar-refractivity contribution < 1.29 is 0 Å². The van der Waals surface area contributed by atoms with E-state index in [1.165, 1.54) is 11.1 Å². The van der Waals surface area contributed by atoms with Crippen LogP contribution in [0, 0.1) is 11.3 Å². The van der Waals surface area contributed by atoms with Crippen LogP contribution < -0.4 is 0 Å². The summed E-state index contributed by atoms with van der Waals surface area (Å²) >= 11 is 0. The van der Waals surface area contributed by atoms with Gasteiger partial charge in [0.1, 0.15) is 5.82 Å². The van der Waals surface area contributed by atoms with Gasteiger partial charge in [0.15, 0.2) is 0 Å². The molecule has 0 fully saturated rings. The van der Waals surface area contributed by atoms with E-state index in [4.69, 9.17) is 5.26 Å². The first-order valence-corrected chi connectivity index (χ1v) is 7.20. The Bertz CT molecular complexity index is 791. The number of nitriles is 1. The van der Waals surface area contributed by atoms with E-state index in [9.17, 15) is 0 Å². The Balaban J connectivity index is 2.01. The number of imidazole rings is 1. The van der Waals surface area contributed by atoms with E-state index in [1.54, 1.807) is 0 Å². The first-order valence-electron chi connectivity index (χ1n) is 7.20. The van der Waals surface area contributed by atoms with E-state index >= 15 is 0 Å². The molecule has 0 atom stereocenters. The lowest BCUT2D eigenvalue weighted by Crippen LogP contribution is -2.04. The van der Waals surface area contributed by atoms with Crippen molar-refractivity contribution in [3.05, 3.63) is 65.5 Å². The van der Waals surface area contributed by atoms with Gasteiger partial charge in [0.05, 0.1) is 23.5 Å². The number of hydrogen-bond acceptors (Lipinski definition) is 2. The molecule has 0 aliphatic rings. The molecule has 1 aromatic heterocycles. The van der Waals surface area contributed by atoms with Gasteiger partial charge >= 0.3 is 0 Å². The summed E-state index contributed by atoms with van der Waals surface area (Å²) in [6.07, 6.45) is 1.38. The van der Waals surface area contributed by atoms with E-state index < -0.39 is 0 Å². The van der Waals surface area contributed by atoms with Crippen LogP contribution in [0.5, 0.6) is 0 Å². The maximum Gasteiger partial charge on any atom is 0.124 e. The van der Waals surface area contributed by atoms with Gasteiger partial charge in [-0.25, -0.2) is 4.98 Å². The summed E-state index contributed by atoms with van der Waals surface area (Å²) in [5, 5.41) is 9.00. The van der Waals surface area contributed by atoms with Crippen molar-refractivity contribution >= 4 is 11.0 Å². The predicted octanol–water partition coefficient (Wildman–Crippen LogP) is 3.71. The fourth-order valence-corrected chi connectivity index (χ4v) is 2.57. The molecule has 3 rings (SSSR count). The van der Waals surface area contributed by atoms with Crippen molar-refractivity contribution in [1.29, 1.82) is 5.26 Å². The highest BCUT2D eigenvalue weighted by molar-refractivity contribution is 5.76. The number of rotatable bonds is 4. The van der Waals surface area contributed by atoms with Gasteiger partial charge in [-0.2, -0.15) is 5.26 Å². The third kappa shape index (κ3) is 2.66. The normalized spacial score (nSPS) is 10.7. The molecule has 3 aromatic rings. The minimum absolute atomic E-state index is 0.335. The summed E-state index contributed by atoms with van der Waals surface area (Å²) in [6.45, 7) is 2.91. The Kier molecular flexibility index (Phi) is 3.70. The minimum atomic E-state index is 0.335. The highest BCUT2D eigenvalue weighted by Gasteiger charge is 2.10. The number of hydrogen-bond donors (Lipinski definition) is 0. The number of aryl methyl sites for hydroxylation is 1. The van der Waals surface area contributed by atoms with Gasteiger partial charge in [0.2, 0.25) is 0 Å². The lowest BCUT2D eigenvalue weighted by molar-refractivity contribution is 0.769. The number of aromatic nitrogens is 2. The number of fused-ring (bicyclic) bond motifs is 1. The van der Waals surface area contributed by atoms with Crippen LogP contribution in [0.3, 0.4) is 0 Å². The molecule has 0 radical (unpaired) electrons. The molecular weight excluding hydrogens is 258 g/mol. The standard InChI is InChI=1S/C18H17N3/c1-2-14-7-9-15(10-8-14)13-21-17-6-4-3-5-16(17)20-18(21)11-12-19/h3-10H,2,11,13H2,1H3. The topological polar surface area (TPSA) is 41.6 Å². The number of para-hydroxylation sites is 2. The summed E-state index contributed by atoms with van der Waals surface area (Å²) in [6, 6.07) is 18.9. The van der Waals surface area contributed by atoms with Crippen molar-refractivity contribution in [3.63, 3.8) is 0 Å². The molecule has 3 heteroatoms. The molecule has 0 saturated carbocycles. The van der Waals surface area contributed by atoms with Crippen LogP contribution in [0.25, 0.3) is 11.0 Å². The van der Waals surface area contributed by atoms with Gasteiger partial charge in [0, 0.05) is 6.54 Å². The van der Waals surface area contributed by atoms with E-state index in [2.05, 4.69) is 52.9 Å². The molecule has 3 nitrogen and oxygen atoms in total. The number of nitrogens with zero attached hydrogens (tertiary/aromatic N) is 3. The summed E-state index contributed by atoms with van der Waals surface area (Å²) in [5.41, 5.74) is 4.61. The molecule has 0 spiro atoms. The lowest BCUT2D eigenvalue weighted by Gasteiger charge is -2.08. The average Bonchev–Trinajstić information content (AvgIpc) is 2.86. The predicted molar refractivity (Wildman–Crippen MR) is 84.0 cm³/mol. The van der Waals surface area contributed by atoms with Crippen LogP contribution in [0.2, 0.25) is 0 Å². The van der Waals surface area contributed by atoms with Gasteiger partial charge in [-0.3, -0.25) is 0 Å². The maximum absolute atomic E-state index is 9.00. The third-order valence-corrected chi connectivity index (χ3v) is 3.74. The van der Waals surface area contributed by atoms with Gasteiger partial charge in [-0.05, 0) is 29.7 Å². The fraction of sp³-hybridized carbons (Fsp3) is 0.222. The zero-order valence-corrected chi connectivity index (χ0v) is 12.1. The molecule has 0 unspecified atom stereocenters. The Morgan fingerprint density at radius 3 is 2.48 bits per heavy atom. The van der Waals surface area contributed by atoms with Crippen molar-refractivity contribution in [2.24, 2.45) is 0 Å². The molecule has 0 N–H and O–H groups in total. The van der Waals surface area contributed by atoms with Crippen molar-refractivity contribution in [3.8, 4) is 6.07 Å². The zero-order chi connectivity index (χ0) is 14.7. The Hall–Kier alpha value is -2.60. The highest BCUT2D eigenvalue weighted by atomic mass is 15.1. The second kappa shape index (κ2) is 5.80. The van der Waals surface area contributed by atoms with Gasteiger partial charge < -0.3 is 4.57 Å². The molecule has 21 heavy (non-hydrogen) atoms. The lowest BCUT2D eigenvalue weighted by atomic mass is 10.1. The van der Waals surface area contributed by atoms with E-state index in [0.29, 0.717) is 6.42 Å². The van der Waals surface area contributed by atoms with Crippen LogP contribution >= 0.6 is 0 Å². The second-order valence-electron chi connectivity index (χ2n) is 5.11. The quantitative estimate of drug-likeness (QED) is 0.728. The van der Waals surface area contributed by atoms with Crippen molar-refractivity contribution in [1.82, 2.24) is 9.55 Å². The van der Waals surface area contributed by atoms with Crippen molar-refractivity contribution in [2.45, 2.75) is 26.3 Å². The molecule has 0 aliphatic heterocycles. The number of benzene rings is 2. The van der Waals surface area contributed by atoms with E-state index in [0.717, 1.165) is 29.8 Å². The van der Waals surface area contributed by atoms with Gasteiger partial charge in [-0.1, -0.05) is 43.3 Å². The van der Waals surface area contributed by atoms with Gasteiger partial charge in [0.25, 0.3) is 0 Å². The van der Waals surface area contributed by atoms with E-state index in [1.807, 2.05) is 18.2 Å². The van der Waals surface area contributed by atoms with Crippen LogP contribution in [0.4, 0.5) is 0 Å². The molecule has 0 saturated heterocycles. The van der Waals surface area contributed by atoms with Crippen molar-refractivity contribution in [2.75, 3.05) is 0 Å². The SMILES string of the molecule is CCc1ccc(Cn2c(CC#N)nc3ccccc32)cc1. The molecule has 104 valence electrons. The first-order chi connectivity index (χ1) is 10.3. The Morgan fingerprint density at radius 2 is 1.76 bits per heavy atom.